The van der Waals surface area contributed by atoms with Gasteiger partial charge in [-0.1, -0.05) is 45.4 Å². The fourth-order valence-corrected chi connectivity index (χ4v) is 4.65. The lowest BCUT2D eigenvalue weighted by Gasteiger charge is -2.28. The van der Waals surface area contributed by atoms with Crippen LogP contribution in [0.25, 0.3) is 5.69 Å². The van der Waals surface area contributed by atoms with Crippen molar-refractivity contribution in [3.05, 3.63) is 84.6 Å². The summed E-state index contributed by atoms with van der Waals surface area (Å²) in [6.45, 7) is 6.85. The second-order valence-electron chi connectivity index (χ2n) is 8.72. The van der Waals surface area contributed by atoms with Crippen LogP contribution in [0.3, 0.4) is 0 Å². The highest BCUT2D eigenvalue weighted by Crippen LogP contribution is 2.35. The number of nitrogens with zero attached hydrogens (tertiary/aromatic N) is 6. The molecule has 0 radical (unpaired) electrons. The zero-order valence-electron chi connectivity index (χ0n) is 21.0. The number of rotatable bonds is 8. The van der Waals surface area contributed by atoms with E-state index in [1.165, 1.54) is 5.56 Å². The molecule has 0 amide bonds. The van der Waals surface area contributed by atoms with Crippen molar-refractivity contribution in [3.63, 3.8) is 0 Å². The molecule has 3 aromatic heterocycles. The molecule has 7 heteroatoms. The van der Waals surface area contributed by atoms with E-state index in [0.717, 1.165) is 55.9 Å². The fourth-order valence-electron chi connectivity index (χ4n) is 4.65. The molecule has 0 N–H and O–H groups in total. The van der Waals surface area contributed by atoms with Crippen LogP contribution in [0.5, 0.6) is 5.88 Å². The topological polar surface area (TPSA) is 70.7 Å². The van der Waals surface area contributed by atoms with Crippen LogP contribution in [0.1, 0.15) is 76.0 Å². The van der Waals surface area contributed by atoms with Crippen molar-refractivity contribution in [2.75, 3.05) is 0 Å². The number of imidazole rings is 1. The molecular formula is C28H36N6O. The zero-order chi connectivity index (χ0) is 24.5. The highest BCUT2D eigenvalue weighted by Gasteiger charge is 2.29. The fraction of sp³-hybridized carbons (Fsp3) is 0.429. The molecule has 1 fully saturated rings. The Labute approximate surface area is 208 Å². The predicted octanol–water partition coefficient (Wildman–Crippen LogP) is 5.99. The Morgan fingerprint density at radius 3 is 2.40 bits per heavy atom. The Morgan fingerprint density at radius 1 is 0.943 bits per heavy atom. The molecule has 0 saturated heterocycles. The molecule has 0 bridgehead atoms. The molecule has 0 aliphatic heterocycles. The molecule has 35 heavy (non-hydrogen) atoms. The van der Waals surface area contributed by atoms with Crippen molar-refractivity contribution in [3.8, 4) is 11.6 Å². The van der Waals surface area contributed by atoms with Gasteiger partial charge in [-0.05, 0) is 55.9 Å². The predicted molar refractivity (Wildman–Crippen MR) is 138 cm³/mol. The maximum Gasteiger partial charge on any atom is 0.213 e. The molecule has 4 aromatic rings. The van der Waals surface area contributed by atoms with E-state index in [1.54, 1.807) is 12.4 Å². The first-order chi connectivity index (χ1) is 17.3. The Hall–Kier alpha value is -3.48. The summed E-state index contributed by atoms with van der Waals surface area (Å²) in [5.41, 5.74) is 2.48. The normalized spacial score (nSPS) is 17.5. The number of aromatic nitrogens is 6. The lowest BCUT2D eigenvalue weighted by atomic mass is 9.86. The third kappa shape index (κ3) is 6.15. The Kier molecular flexibility index (Phi) is 8.65. The van der Waals surface area contributed by atoms with Crippen LogP contribution in [0, 0.1) is 0 Å². The molecule has 184 valence electrons. The number of pyridine rings is 1. The highest BCUT2D eigenvalue weighted by atomic mass is 16.5. The second-order valence-corrected chi connectivity index (χ2v) is 8.72. The molecule has 7 nitrogen and oxygen atoms in total. The number of ether oxygens (including phenoxy) is 1. The van der Waals surface area contributed by atoms with Crippen LogP contribution in [0.2, 0.25) is 0 Å². The van der Waals surface area contributed by atoms with Crippen LogP contribution >= 0.6 is 0 Å². The summed E-state index contributed by atoms with van der Waals surface area (Å²) < 4.78 is 10.4. The van der Waals surface area contributed by atoms with E-state index < -0.39 is 0 Å². The molecular weight excluding hydrogens is 436 g/mol. The van der Waals surface area contributed by atoms with Crippen LogP contribution in [-0.2, 0) is 13.0 Å². The van der Waals surface area contributed by atoms with E-state index in [1.807, 2.05) is 49.1 Å². The van der Waals surface area contributed by atoms with Gasteiger partial charge in [-0.15, -0.1) is 10.2 Å². The first-order valence-electron chi connectivity index (χ1n) is 12.9. The number of hydrogen-bond acceptors (Lipinski definition) is 5. The van der Waals surface area contributed by atoms with Gasteiger partial charge in [-0.3, -0.25) is 4.57 Å². The van der Waals surface area contributed by atoms with Gasteiger partial charge in [0.1, 0.15) is 11.9 Å². The van der Waals surface area contributed by atoms with Crippen molar-refractivity contribution >= 4 is 0 Å². The van der Waals surface area contributed by atoms with E-state index >= 15 is 0 Å². The maximum absolute atomic E-state index is 6.10. The first-order valence-corrected chi connectivity index (χ1v) is 12.9. The minimum atomic E-state index is 0.200. The van der Waals surface area contributed by atoms with Gasteiger partial charge in [0.05, 0.1) is 12.9 Å². The minimum absolute atomic E-state index is 0.200. The standard InChI is InChI=1S/C26H30N6O.C2H6/c1-2-5-20-7-11-22(12-8-20)32-24(18-31-17-16-27-19-31)29-30-26(32)21-9-13-23(14-10-21)33-25-6-3-4-15-28-25;1-2/h3-4,6-8,11-12,15-17,19,21,23H,2,5,9-10,13-14,18H2,1H3;1-2H3. The summed E-state index contributed by atoms with van der Waals surface area (Å²) in [6, 6.07) is 14.6. The van der Waals surface area contributed by atoms with Crippen molar-refractivity contribution in [2.24, 2.45) is 0 Å². The minimum Gasteiger partial charge on any atom is -0.474 e. The molecule has 1 aliphatic rings. The van der Waals surface area contributed by atoms with Gasteiger partial charge >= 0.3 is 0 Å². The van der Waals surface area contributed by atoms with Crippen molar-refractivity contribution in [2.45, 2.75) is 77.9 Å². The van der Waals surface area contributed by atoms with Gasteiger partial charge in [-0.25, -0.2) is 9.97 Å². The molecule has 3 heterocycles. The molecule has 1 saturated carbocycles. The zero-order valence-corrected chi connectivity index (χ0v) is 21.0. The van der Waals surface area contributed by atoms with Crippen LogP contribution < -0.4 is 4.74 Å². The molecule has 0 unspecified atom stereocenters. The van der Waals surface area contributed by atoms with E-state index in [0.29, 0.717) is 18.3 Å². The van der Waals surface area contributed by atoms with Gasteiger partial charge in [-0.2, -0.15) is 0 Å². The lowest BCUT2D eigenvalue weighted by Crippen LogP contribution is -2.25. The van der Waals surface area contributed by atoms with E-state index in [9.17, 15) is 0 Å². The average molecular weight is 473 g/mol. The Bertz CT molecular complexity index is 1130. The second kappa shape index (κ2) is 12.3. The summed E-state index contributed by atoms with van der Waals surface area (Å²) >= 11 is 0. The summed E-state index contributed by atoms with van der Waals surface area (Å²) in [5, 5.41) is 9.30. The smallest absolute Gasteiger partial charge is 0.213 e. The van der Waals surface area contributed by atoms with Gasteiger partial charge in [0.15, 0.2) is 5.82 Å². The third-order valence-electron chi connectivity index (χ3n) is 6.34. The highest BCUT2D eigenvalue weighted by molar-refractivity contribution is 5.37. The van der Waals surface area contributed by atoms with Crippen LogP contribution in [0.4, 0.5) is 0 Å². The Morgan fingerprint density at radius 2 is 1.74 bits per heavy atom. The first kappa shape index (κ1) is 24.6. The van der Waals surface area contributed by atoms with Crippen molar-refractivity contribution < 1.29 is 4.74 Å². The number of benzene rings is 1. The van der Waals surface area contributed by atoms with Crippen molar-refractivity contribution in [1.29, 1.82) is 0 Å². The van der Waals surface area contributed by atoms with E-state index in [-0.39, 0.29) is 6.10 Å². The molecule has 1 aliphatic carbocycles. The van der Waals surface area contributed by atoms with E-state index in [4.69, 9.17) is 9.84 Å². The largest absolute Gasteiger partial charge is 0.474 e. The molecule has 5 rings (SSSR count). The van der Waals surface area contributed by atoms with Gasteiger partial charge in [0.25, 0.3) is 0 Å². The van der Waals surface area contributed by atoms with Gasteiger partial charge in [0, 0.05) is 36.3 Å². The van der Waals surface area contributed by atoms with Crippen LogP contribution in [0.15, 0.2) is 67.4 Å². The quantitative estimate of drug-likeness (QED) is 0.315. The monoisotopic (exact) mass is 472 g/mol. The molecule has 1 aromatic carbocycles. The van der Waals surface area contributed by atoms with Crippen LogP contribution in [-0.4, -0.2) is 35.4 Å². The maximum atomic E-state index is 6.10. The van der Waals surface area contributed by atoms with Gasteiger partial charge < -0.3 is 9.30 Å². The number of aryl methyl sites for hydroxylation is 1. The molecule has 0 spiro atoms. The van der Waals surface area contributed by atoms with Crippen molar-refractivity contribution in [1.82, 2.24) is 29.3 Å². The summed E-state index contributed by atoms with van der Waals surface area (Å²) in [4.78, 5) is 8.49. The SMILES string of the molecule is CC.CCCc1ccc(-n2c(Cn3ccnc3)nnc2C2CCC(Oc3ccccn3)CC2)cc1. The summed E-state index contributed by atoms with van der Waals surface area (Å²) in [7, 11) is 0. The molecule has 0 atom stereocenters. The summed E-state index contributed by atoms with van der Waals surface area (Å²) in [6.07, 6.45) is 13.8. The van der Waals surface area contributed by atoms with Gasteiger partial charge in [0.2, 0.25) is 5.88 Å². The third-order valence-corrected chi connectivity index (χ3v) is 6.34. The lowest BCUT2D eigenvalue weighted by molar-refractivity contribution is 0.139. The van der Waals surface area contributed by atoms with E-state index in [2.05, 4.69) is 50.8 Å². The Balaban J connectivity index is 0.00000141. The summed E-state index contributed by atoms with van der Waals surface area (Å²) in [5.74, 6) is 3.04. The average Bonchev–Trinajstić information content (AvgIpc) is 3.58. The number of hydrogen-bond donors (Lipinski definition) is 0.